The van der Waals surface area contributed by atoms with Crippen LogP contribution in [0.1, 0.15) is 61.9 Å². The topological polar surface area (TPSA) is 68.0 Å². The first-order chi connectivity index (χ1) is 9.56. The quantitative estimate of drug-likeness (QED) is 0.735. The second kappa shape index (κ2) is 9.08. The van der Waals surface area contributed by atoms with Crippen LogP contribution >= 0.6 is 11.3 Å². The number of nitrogens with two attached hydrogens (primary N) is 1. The van der Waals surface area contributed by atoms with Crippen LogP contribution in [0.5, 0.6) is 0 Å². The zero-order chi connectivity index (χ0) is 15.0. The lowest BCUT2D eigenvalue weighted by Gasteiger charge is -2.16. The Bertz CT molecular complexity index is 400. The molecule has 3 N–H and O–H groups in total. The summed E-state index contributed by atoms with van der Waals surface area (Å²) in [6.45, 7) is 6.90. The molecular weight excluding hydrogens is 270 g/mol. The maximum atomic E-state index is 12.0. The minimum atomic E-state index is 0.000309. The normalized spacial score (nSPS) is 14.0. The first kappa shape index (κ1) is 17.1. The largest absolute Gasteiger partial charge is 0.347 e. The van der Waals surface area contributed by atoms with Gasteiger partial charge in [0.05, 0.1) is 6.04 Å². The minimum Gasteiger partial charge on any atom is -0.347 e. The maximum absolute atomic E-state index is 12.0. The monoisotopic (exact) mass is 297 g/mol. The number of aryl methyl sites for hydroxylation is 1. The van der Waals surface area contributed by atoms with E-state index in [2.05, 4.69) is 17.2 Å². The zero-order valence-corrected chi connectivity index (χ0v) is 13.6. The average Bonchev–Trinajstić information content (AvgIpc) is 2.83. The van der Waals surface area contributed by atoms with Crippen LogP contribution < -0.4 is 11.1 Å². The Balaban J connectivity index is 2.35. The molecule has 0 bridgehead atoms. The molecule has 1 rings (SSSR count). The Hall–Kier alpha value is -0.940. The molecule has 114 valence electrons. The predicted octanol–water partition coefficient (Wildman–Crippen LogP) is 3.17. The highest BCUT2D eigenvalue weighted by atomic mass is 32.1. The predicted molar refractivity (Wildman–Crippen MR) is 84.7 cm³/mol. The highest BCUT2D eigenvalue weighted by molar-refractivity contribution is 7.11. The number of hydrogen-bond acceptors (Lipinski definition) is 4. The molecular formula is C15H27N3OS. The number of nitrogens with zero attached hydrogens (tertiary/aromatic N) is 1. The van der Waals surface area contributed by atoms with E-state index in [1.807, 2.05) is 20.0 Å². The van der Waals surface area contributed by atoms with Crippen LogP contribution in [-0.2, 0) is 4.79 Å². The summed E-state index contributed by atoms with van der Waals surface area (Å²) < 4.78 is 0. The number of hydrogen-bond donors (Lipinski definition) is 2. The van der Waals surface area contributed by atoms with Crippen molar-refractivity contribution in [1.29, 1.82) is 0 Å². The highest BCUT2D eigenvalue weighted by Gasteiger charge is 2.14. The summed E-state index contributed by atoms with van der Waals surface area (Å²) in [4.78, 5) is 17.5. The second-order valence-electron chi connectivity index (χ2n) is 5.37. The third-order valence-corrected chi connectivity index (χ3v) is 4.53. The van der Waals surface area contributed by atoms with Crippen LogP contribution in [0.15, 0.2) is 6.20 Å². The van der Waals surface area contributed by atoms with Crippen LogP contribution in [0.4, 0.5) is 0 Å². The first-order valence-electron chi connectivity index (χ1n) is 7.48. The van der Waals surface area contributed by atoms with Crippen molar-refractivity contribution in [2.24, 2.45) is 11.7 Å². The van der Waals surface area contributed by atoms with Crippen molar-refractivity contribution in [2.75, 3.05) is 6.54 Å². The van der Waals surface area contributed by atoms with Crippen LogP contribution in [0.3, 0.4) is 0 Å². The van der Waals surface area contributed by atoms with Crippen molar-refractivity contribution in [1.82, 2.24) is 10.3 Å². The van der Waals surface area contributed by atoms with Gasteiger partial charge < -0.3 is 11.1 Å². The van der Waals surface area contributed by atoms with Crippen LogP contribution in [0, 0.1) is 12.8 Å². The van der Waals surface area contributed by atoms with E-state index in [-0.39, 0.29) is 11.9 Å². The summed E-state index contributed by atoms with van der Waals surface area (Å²) in [5.41, 5.74) is 5.62. The number of rotatable bonds is 9. The third kappa shape index (κ3) is 6.01. The van der Waals surface area contributed by atoms with Gasteiger partial charge in [-0.15, -0.1) is 11.3 Å². The molecule has 1 heterocycles. The summed E-state index contributed by atoms with van der Waals surface area (Å²) in [7, 11) is 0. The number of amides is 1. The molecule has 1 aromatic heterocycles. The van der Waals surface area contributed by atoms with Crippen LogP contribution in [-0.4, -0.2) is 17.4 Å². The van der Waals surface area contributed by atoms with Gasteiger partial charge in [-0.25, -0.2) is 4.98 Å². The van der Waals surface area contributed by atoms with Gasteiger partial charge in [-0.2, -0.15) is 0 Å². The summed E-state index contributed by atoms with van der Waals surface area (Å²) >= 11 is 1.64. The Kier molecular flexibility index (Phi) is 7.77. The van der Waals surface area contributed by atoms with E-state index in [0.29, 0.717) is 18.9 Å². The van der Waals surface area contributed by atoms with E-state index in [9.17, 15) is 4.79 Å². The molecule has 0 aliphatic carbocycles. The number of carbonyl (C=O) groups excluding carboxylic acids is 1. The van der Waals surface area contributed by atoms with Crippen molar-refractivity contribution in [3.63, 3.8) is 0 Å². The first-order valence-corrected chi connectivity index (χ1v) is 8.30. The Labute approximate surface area is 126 Å². The molecule has 0 saturated heterocycles. The second-order valence-corrected chi connectivity index (χ2v) is 6.64. The van der Waals surface area contributed by atoms with Gasteiger partial charge in [0.25, 0.3) is 0 Å². The molecule has 0 aliphatic rings. The molecule has 1 aromatic rings. The Morgan fingerprint density at radius 2 is 2.20 bits per heavy atom. The number of nitrogens with one attached hydrogen (secondary N) is 1. The Morgan fingerprint density at radius 1 is 1.45 bits per heavy atom. The van der Waals surface area contributed by atoms with Crippen molar-refractivity contribution < 1.29 is 4.79 Å². The van der Waals surface area contributed by atoms with E-state index in [1.165, 1.54) is 4.88 Å². The van der Waals surface area contributed by atoms with Gasteiger partial charge in [0.1, 0.15) is 5.01 Å². The molecule has 0 spiro atoms. The standard InChI is InChI=1S/C15H27N3OS/c1-4-5-13(8-9-16)6-7-14(19)18-12(3)15-17-10-11(2)20-15/h10,12-13H,4-9,16H2,1-3H3,(H,18,19). The van der Waals surface area contributed by atoms with E-state index in [4.69, 9.17) is 5.73 Å². The molecule has 2 atom stereocenters. The lowest BCUT2D eigenvalue weighted by Crippen LogP contribution is -2.27. The number of aromatic nitrogens is 1. The minimum absolute atomic E-state index is 0.000309. The smallest absolute Gasteiger partial charge is 0.220 e. The van der Waals surface area contributed by atoms with Gasteiger partial charge >= 0.3 is 0 Å². The number of thiazole rings is 1. The fourth-order valence-electron chi connectivity index (χ4n) is 2.36. The van der Waals surface area contributed by atoms with Gasteiger partial charge in [0.15, 0.2) is 0 Å². The van der Waals surface area contributed by atoms with Gasteiger partial charge in [0.2, 0.25) is 5.91 Å². The SMILES string of the molecule is CCCC(CCN)CCC(=O)NC(C)c1ncc(C)s1. The zero-order valence-electron chi connectivity index (χ0n) is 12.8. The molecule has 1 amide bonds. The molecule has 0 saturated carbocycles. The van der Waals surface area contributed by atoms with Gasteiger partial charge in [-0.1, -0.05) is 19.8 Å². The average molecular weight is 297 g/mol. The summed E-state index contributed by atoms with van der Waals surface area (Å²) in [5, 5.41) is 4.00. The fourth-order valence-corrected chi connectivity index (χ4v) is 3.14. The van der Waals surface area contributed by atoms with Crippen molar-refractivity contribution in [2.45, 2.75) is 58.9 Å². The van der Waals surface area contributed by atoms with Crippen molar-refractivity contribution in [3.8, 4) is 0 Å². The van der Waals surface area contributed by atoms with Crippen LogP contribution in [0.25, 0.3) is 0 Å². The molecule has 20 heavy (non-hydrogen) atoms. The number of carbonyl (C=O) groups is 1. The maximum Gasteiger partial charge on any atom is 0.220 e. The van der Waals surface area contributed by atoms with E-state index in [0.717, 1.165) is 30.7 Å². The van der Waals surface area contributed by atoms with E-state index < -0.39 is 0 Å². The molecule has 5 heteroatoms. The molecule has 2 unspecified atom stereocenters. The van der Waals surface area contributed by atoms with Gasteiger partial charge in [-0.3, -0.25) is 4.79 Å². The van der Waals surface area contributed by atoms with E-state index in [1.54, 1.807) is 11.3 Å². The summed E-state index contributed by atoms with van der Waals surface area (Å²) in [6, 6.07) is 0.000309. The molecule has 0 radical (unpaired) electrons. The van der Waals surface area contributed by atoms with Gasteiger partial charge in [-0.05, 0) is 39.2 Å². The fraction of sp³-hybridized carbons (Fsp3) is 0.733. The van der Waals surface area contributed by atoms with E-state index >= 15 is 0 Å². The lowest BCUT2D eigenvalue weighted by molar-refractivity contribution is -0.122. The Morgan fingerprint density at radius 3 is 2.75 bits per heavy atom. The third-order valence-electron chi connectivity index (χ3n) is 3.44. The molecule has 0 fully saturated rings. The molecule has 0 aliphatic heterocycles. The van der Waals surface area contributed by atoms with Crippen molar-refractivity contribution >= 4 is 17.2 Å². The summed E-state index contributed by atoms with van der Waals surface area (Å²) in [6.07, 6.45) is 6.69. The summed E-state index contributed by atoms with van der Waals surface area (Å²) in [5.74, 6) is 0.691. The van der Waals surface area contributed by atoms with Crippen molar-refractivity contribution in [3.05, 3.63) is 16.1 Å². The highest BCUT2D eigenvalue weighted by Crippen LogP contribution is 2.20. The lowest BCUT2D eigenvalue weighted by atomic mass is 9.94. The molecule has 0 aromatic carbocycles. The molecule has 4 nitrogen and oxygen atoms in total. The van der Waals surface area contributed by atoms with Gasteiger partial charge in [0, 0.05) is 17.5 Å². The van der Waals surface area contributed by atoms with Crippen LogP contribution in [0.2, 0.25) is 0 Å².